The zero-order valence-electron chi connectivity index (χ0n) is 15.0. The molecule has 0 atom stereocenters. The summed E-state index contributed by atoms with van der Waals surface area (Å²) in [6.45, 7) is 4.59. The van der Waals surface area contributed by atoms with Gasteiger partial charge >= 0.3 is 5.97 Å². The maximum Gasteiger partial charge on any atom is 0.305 e. The number of hydrogen-bond donors (Lipinski definition) is 1. The molecule has 7 heteroatoms. The molecule has 26 heavy (non-hydrogen) atoms. The molecule has 0 aliphatic carbocycles. The van der Waals surface area contributed by atoms with Crippen molar-refractivity contribution in [1.82, 2.24) is 4.98 Å². The van der Waals surface area contributed by atoms with Gasteiger partial charge in [0, 0.05) is 17.8 Å². The number of pyridine rings is 1. The fourth-order valence-electron chi connectivity index (χ4n) is 2.28. The van der Waals surface area contributed by atoms with Crippen LogP contribution < -0.4 is 10.1 Å². The third-order valence-electron chi connectivity index (χ3n) is 3.58. The highest BCUT2D eigenvalue weighted by Crippen LogP contribution is 2.27. The van der Waals surface area contributed by atoms with Crippen molar-refractivity contribution in [1.29, 1.82) is 0 Å². The lowest BCUT2D eigenvalue weighted by Crippen LogP contribution is -2.05. The number of carbonyl (C=O) groups excluding carboxylic acids is 1. The first-order chi connectivity index (χ1) is 12.6. The molecule has 1 aromatic heterocycles. The average Bonchev–Trinajstić information content (AvgIpc) is 2.63. The molecule has 138 valence electrons. The van der Waals surface area contributed by atoms with E-state index in [-0.39, 0.29) is 11.7 Å². The molecule has 1 aromatic carbocycles. The molecule has 0 saturated carbocycles. The molecular weight excluding hydrogens is 334 g/mol. The van der Waals surface area contributed by atoms with Gasteiger partial charge in [-0.3, -0.25) is 4.79 Å². The topological polar surface area (TPSA) is 89.9 Å². The van der Waals surface area contributed by atoms with Crippen molar-refractivity contribution < 1.29 is 14.3 Å². The van der Waals surface area contributed by atoms with Crippen molar-refractivity contribution in [3.05, 3.63) is 47.0 Å². The number of esters is 1. The lowest BCUT2D eigenvalue weighted by atomic mass is 10.2. The summed E-state index contributed by atoms with van der Waals surface area (Å²) in [6.07, 6.45) is 1.93. The van der Waals surface area contributed by atoms with Crippen LogP contribution in [0.3, 0.4) is 0 Å². The number of nitrogens with one attached hydrogen (secondary N) is 1. The molecular formula is C19H23N3O4. The van der Waals surface area contributed by atoms with Crippen molar-refractivity contribution in [3.8, 4) is 5.75 Å². The number of carbonyl (C=O) groups is 1. The highest BCUT2D eigenvalue weighted by Gasteiger charge is 2.06. The fourth-order valence-corrected chi connectivity index (χ4v) is 2.28. The minimum atomic E-state index is -0.170. The zero-order chi connectivity index (χ0) is 18.8. The Labute approximate surface area is 152 Å². The summed E-state index contributed by atoms with van der Waals surface area (Å²) in [6, 6.07) is 10.7. The molecule has 2 rings (SSSR count). The number of hydrogen-bond acceptors (Lipinski definition) is 7. The summed E-state index contributed by atoms with van der Waals surface area (Å²) in [5.41, 5.74) is 1.84. The first-order valence-electron chi connectivity index (χ1n) is 8.59. The number of unbranched alkanes of at least 4 members (excludes halogenated alkanes) is 1. The van der Waals surface area contributed by atoms with E-state index in [2.05, 4.69) is 15.5 Å². The van der Waals surface area contributed by atoms with Crippen molar-refractivity contribution in [2.75, 3.05) is 18.5 Å². The Balaban J connectivity index is 1.80. The van der Waals surface area contributed by atoms with Crippen molar-refractivity contribution in [3.63, 3.8) is 0 Å². The van der Waals surface area contributed by atoms with E-state index in [1.54, 1.807) is 19.1 Å². The average molecular weight is 357 g/mol. The third-order valence-corrected chi connectivity index (χ3v) is 3.58. The number of ether oxygens (including phenoxy) is 2. The van der Waals surface area contributed by atoms with Crippen molar-refractivity contribution in [2.45, 2.75) is 33.1 Å². The van der Waals surface area contributed by atoms with Gasteiger partial charge in [0.2, 0.25) is 0 Å². The molecule has 0 aliphatic rings. The standard InChI is InChI=1S/C19H23N3O4/c1-3-25-18(23)6-4-5-13-26-16-10-8-15(9-11-16)21-19-17(22-24)12-7-14(2)20-19/h7-12H,3-6,13H2,1-2H3,(H,20,21). The van der Waals surface area contributed by atoms with E-state index in [4.69, 9.17) is 9.47 Å². The predicted octanol–water partition coefficient (Wildman–Crippen LogP) is 4.64. The second-order valence-corrected chi connectivity index (χ2v) is 5.67. The SMILES string of the molecule is CCOC(=O)CCCCOc1ccc(Nc2nc(C)ccc2N=O)cc1. The second-order valence-electron chi connectivity index (χ2n) is 5.67. The van der Waals surface area contributed by atoms with Crippen LogP contribution in [0.1, 0.15) is 31.9 Å². The Morgan fingerprint density at radius 3 is 2.62 bits per heavy atom. The smallest absolute Gasteiger partial charge is 0.305 e. The lowest BCUT2D eigenvalue weighted by molar-refractivity contribution is -0.143. The molecule has 0 aliphatic heterocycles. The second kappa shape index (κ2) is 10.1. The lowest BCUT2D eigenvalue weighted by Gasteiger charge is -2.10. The summed E-state index contributed by atoms with van der Waals surface area (Å²) in [5, 5.41) is 6.06. The molecule has 0 saturated heterocycles. The molecule has 0 spiro atoms. The minimum Gasteiger partial charge on any atom is -0.494 e. The van der Waals surface area contributed by atoms with Crippen molar-refractivity contribution >= 4 is 23.2 Å². The molecule has 7 nitrogen and oxygen atoms in total. The normalized spacial score (nSPS) is 10.2. The van der Waals surface area contributed by atoms with Gasteiger partial charge in [-0.05, 0) is 68.3 Å². The van der Waals surface area contributed by atoms with E-state index in [1.807, 2.05) is 31.2 Å². The van der Waals surface area contributed by atoms with Crippen LogP contribution >= 0.6 is 0 Å². The summed E-state index contributed by atoms with van der Waals surface area (Å²) < 4.78 is 10.5. The molecule has 1 N–H and O–H groups in total. The van der Waals surface area contributed by atoms with Crippen LogP contribution in [0, 0.1) is 11.8 Å². The Morgan fingerprint density at radius 2 is 1.92 bits per heavy atom. The third kappa shape index (κ3) is 6.16. The number of rotatable bonds is 10. The van der Waals surface area contributed by atoms with E-state index >= 15 is 0 Å². The van der Waals surface area contributed by atoms with Gasteiger partial charge in [0.05, 0.1) is 13.2 Å². The fraction of sp³-hybridized carbons (Fsp3) is 0.368. The number of anilines is 2. The number of aromatic nitrogens is 1. The van der Waals surface area contributed by atoms with Gasteiger partial charge in [-0.1, -0.05) is 0 Å². The summed E-state index contributed by atoms with van der Waals surface area (Å²) in [7, 11) is 0. The number of aryl methyl sites for hydroxylation is 1. The molecule has 2 aromatic rings. The van der Waals surface area contributed by atoms with Crippen LogP contribution in [0.15, 0.2) is 41.6 Å². The molecule has 0 amide bonds. The quantitative estimate of drug-likeness (QED) is 0.378. The maximum absolute atomic E-state index is 11.2. The van der Waals surface area contributed by atoms with Crippen molar-refractivity contribution in [2.24, 2.45) is 5.18 Å². The monoisotopic (exact) mass is 357 g/mol. The van der Waals surface area contributed by atoms with Crippen LogP contribution in [-0.2, 0) is 9.53 Å². The Bertz CT molecular complexity index is 732. The van der Waals surface area contributed by atoms with Crippen LogP contribution in [-0.4, -0.2) is 24.2 Å². The molecule has 0 radical (unpaired) electrons. The zero-order valence-corrected chi connectivity index (χ0v) is 15.0. The van der Waals surface area contributed by atoms with Gasteiger partial charge in [-0.2, -0.15) is 0 Å². The van der Waals surface area contributed by atoms with E-state index in [9.17, 15) is 9.70 Å². The van der Waals surface area contributed by atoms with Crippen LogP contribution in [0.25, 0.3) is 0 Å². The highest BCUT2D eigenvalue weighted by molar-refractivity contribution is 5.69. The van der Waals surface area contributed by atoms with Crippen LogP contribution in [0.4, 0.5) is 17.2 Å². The first kappa shape index (κ1) is 19.4. The summed E-state index contributed by atoms with van der Waals surface area (Å²) in [5.74, 6) is 0.988. The minimum absolute atomic E-state index is 0.170. The van der Waals surface area contributed by atoms with Gasteiger partial charge in [0.1, 0.15) is 5.75 Å². The number of nitroso groups, excluding NO2 is 1. The largest absolute Gasteiger partial charge is 0.494 e. The van der Waals surface area contributed by atoms with Gasteiger partial charge in [0.25, 0.3) is 0 Å². The Hall–Kier alpha value is -2.96. The van der Waals surface area contributed by atoms with Gasteiger partial charge in [0.15, 0.2) is 11.5 Å². The van der Waals surface area contributed by atoms with E-state index in [1.165, 1.54) is 0 Å². The molecule has 0 unspecified atom stereocenters. The molecule has 1 heterocycles. The summed E-state index contributed by atoms with van der Waals surface area (Å²) in [4.78, 5) is 26.4. The van der Waals surface area contributed by atoms with E-state index in [0.29, 0.717) is 25.5 Å². The van der Waals surface area contributed by atoms with Gasteiger partial charge in [-0.15, -0.1) is 4.91 Å². The molecule has 0 bridgehead atoms. The van der Waals surface area contributed by atoms with Gasteiger partial charge < -0.3 is 14.8 Å². The molecule has 0 fully saturated rings. The van der Waals surface area contributed by atoms with E-state index < -0.39 is 0 Å². The predicted molar refractivity (Wildman–Crippen MR) is 100 cm³/mol. The highest BCUT2D eigenvalue weighted by atomic mass is 16.5. The number of benzene rings is 1. The Morgan fingerprint density at radius 1 is 1.15 bits per heavy atom. The summed E-state index contributed by atoms with van der Waals surface area (Å²) >= 11 is 0. The van der Waals surface area contributed by atoms with Crippen LogP contribution in [0.5, 0.6) is 5.75 Å². The van der Waals surface area contributed by atoms with Crippen LogP contribution in [0.2, 0.25) is 0 Å². The first-order valence-corrected chi connectivity index (χ1v) is 8.59. The number of nitrogens with zero attached hydrogens (tertiary/aromatic N) is 2. The Kier molecular flexibility index (Phi) is 7.54. The maximum atomic E-state index is 11.2. The van der Waals surface area contributed by atoms with Gasteiger partial charge in [-0.25, -0.2) is 4.98 Å². The van der Waals surface area contributed by atoms with E-state index in [0.717, 1.165) is 30.0 Å².